The van der Waals surface area contributed by atoms with Crippen LogP contribution in [0.15, 0.2) is 194 Å². The normalized spacial score (nSPS) is 11.6. The smallest absolute Gasteiger partial charge is 0.0547 e. The van der Waals surface area contributed by atoms with Gasteiger partial charge >= 0.3 is 0 Å². The first-order valence-corrected chi connectivity index (χ1v) is 17.2. The van der Waals surface area contributed by atoms with Gasteiger partial charge in [0.05, 0.1) is 22.1 Å². The number of para-hydroxylation sites is 2. The number of nitrogens with zero attached hydrogens (tertiary/aromatic N) is 2. The maximum absolute atomic E-state index is 2.42. The lowest BCUT2D eigenvalue weighted by Crippen LogP contribution is -1.94. The Kier molecular flexibility index (Phi) is 6.53. The highest BCUT2D eigenvalue weighted by Crippen LogP contribution is 2.40. The van der Waals surface area contributed by atoms with Gasteiger partial charge in [0.1, 0.15) is 0 Å². The van der Waals surface area contributed by atoms with Crippen LogP contribution in [0.3, 0.4) is 0 Å². The first-order valence-electron chi connectivity index (χ1n) is 17.2. The van der Waals surface area contributed by atoms with E-state index in [0.717, 1.165) is 11.4 Å². The molecule has 2 nitrogen and oxygen atoms in total. The van der Waals surface area contributed by atoms with Gasteiger partial charge in [0, 0.05) is 32.9 Å². The van der Waals surface area contributed by atoms with Gasteiger partial charge in [0.25, 0.3) is 0 Å². The molecule has 0 spiro atoms. The van der Waals surface area contributed by atoms with E-state index in [9.17, 15) is 0 Å². The molecule has 0 saturated carbocycles. The first kappa shape index (κ1) is 28.4. The van der Waals surface area contributed by atoms with Crippen LogP contribution in [0.5, 0.6) is 0 Å². The Hall–Kier alpha value is -6.64. The summed E-state index contributed by atoms with van der Waals surface area (Å²) >= 11 is 0. The Bertz CT molecular complexity index is 2630. The second kappa shape index (κ2) is 11.5. The zero-order valence-corrected chi connectivity index (χ0v) is 27.4. The Morgan fingerprint density at radius 1 is 0.220 bits per heavy atom. The summed E-state index contributed by atoms with van der Waals surface area (Å²) in [6.07, 6.45) is 0. The molecule has 0 unspecified atom stereocenters. The van der Waals surface area contributed by atoms with Crippen molar-refractivity contribution in [2.45, 2.75) is 0 Å². The summed E-state index contributed by atoms with van der Waals surface area (Å²) in [5, 5.41) is 5.01. The van der Waals surface area contributed by atoms with Crippen molar-refractivity contribution < 1.29 is 0 Å². The van der Waals surface area contributed by atoms with Crippen LogP contribution in [0.2, 0.25) is 0 Å². The zero-order chi connectivity index (χ0) is 33.0. The Morgan fingerprint density at radius 2 is 0.480 bits per heavy atom. The summed E-state index contributed by atoms with van der Waals surface area (Å²) in [5.74, 6) is 0. The lowest BCUT2D eigenvalue weighted by Gasteiger charge is -2.11. The molecule has 234 valence electrons. The molecule has 2 aromatic heterocycles. The minimum Gasteiger partial charge on any atom is -0.309 e. The number of rotatable bonds is 5. The maximum atomic E-state index is 2.42. The van der Waals surface area contributed by atoms with Gasteiger partial charge in [0.15, 0.2) is 0 Å². The van der Waals surface area contributed by atoms with Gasteiger partial charge in [-0.3, -0.25) is 0 Å². The van der Waals surface area contributed by atoms with E-state index in [4.69, 9.17) is 0 Å². The van der Waals surface area contributed by atoms with Gasteiger partial charge in [-0.05, 0) is 81.9 Å². The highest BCUT2D eigenvalue weighted by Gasteiger charge is 2.17. The molecule has 50 heavy (non-hydrogen) atoms. The summed E-state index contributed by atoms with van der Waals surface area (Å²) in [6, 6.07) is 70.4. The third-order valence-electron chi connectivity index (χ3n) is 10.1. The lowest BCUT2D eigenvalue weighted by molar-refractivity contribution is 1.18. The van der Waals surface area contributed by atoms with E-state index < -0.39 is 0 Å². The minimum absolute atomic E-state index is 1.16. The topological polar surface area (TPSA) is 9.86 Å². The fourth-order valence-electron chi connectivity index (χ4n) is 7.73. The van der Waals surface area contributed by atoms with Crippen molar-refractivity contribution >= 4 is 43.6 Å². The van der Waals surface area contributed by atoms with E-state index in [1.165, 1.54) is 77.0 Å². The lowest BCUT2D eigenvalue weighted by atomic mass is 10.0. The van der Waals surface area contributed by atoms with Crippen molar-refractivity contribution in [3.8, 4) is 44.8 Å². The number of aromatic nitrogens is 2. The van der Waals surface area contributed by atoms with E-state index in [-0.39, 0.29) is 0 Å². The molecular formula is C48H32N2. The molecule has 2 heteroatoms. The van der Waals surface area contributed by atoms with Gasteiger partial charge < -0.3 is 9.13 Å². The van der Waals surface area contributed by atoms with Crippen LogP contribution in [0.4, 0.5) is 0 Å². The zero-order valence-electron chi connectivity index (χ0n) is 27.4. The summed E-state index contributed by atoms with van der Waals surface area (Å²) < 4.78 is 4.84. The summed E-state index contributed by atoms with van der Waals surface area (Å²) in [4.78, 5) is 0. The van der Waals surface area contributed by atoms with Crippen molar-refractivity contribution in [2.75, 3.05) is 0 Å². The van der Waals surface area contributed by atoms with Gasteiger partial charge in [-0.2, -0.15) is 0 Å². The SMILES string of the molecule is c1ccc(-c2ccc3c4ccc(-c5ccc6c7ccc(-c8ccccc8)cc7n(-c7ccccc7)c6c5)cc4n(-c4ccccc4)c3c2)cc1. The Morgan fingerprint density at radius 3 is 0.780 bits per heavy atom. The Labute approximate surface area is 290 Å². The van der Waals surface area contributed by atoms with Crippen molar-refractivity contribution in [2.24, 2.45) is 0 Å². The minimum atomic E-state index is 1.16. The third kappa shape index (κ3) is 4.57. The largest absolute Gasteiger partial charge is 0.309 e. The van der Waals surface area contributed by atoms with E-state index in [1.807, 2.05) is 0 Å². The van der Waals surface area contributed by atoms with Crippen LogP contribution in [0, 0.1) is 0 Å². The molecule has 0 N–H and O–H groups in total. The highest BCUT2D eigenvalue weighted by atomic mass is 15.0. The molecule has 0 atom stereocenters. The molecule has 0 amide bonds. The molecule has 0 radical (unpaired) electrons. The van der Waals surface area contributed by atoms with Gasteiger partial charge in [-0.15, -0.1) is 0 Å². The molecule has 0 aliphatic heterocycles. The molecule has 0 aliphatic rings. The average molecular weight is 637 g/mol. The van der Waals surface area contributed by atoms with Gasteiger partial charge in [-0.25, -0.2) is 0 Å². The Balaban J connectivity index is 1.20. The fourth-order valence-corrected chi connectivity index (χ4v) is 7.73. The van der Waals surface area contributed by atoms with Gasteiger partial charge in [-0.1, -0.05) is 146 Å². The average Bonchev–Trinajstić information content (AvgIpc) is 3.70. The van der Waals surface area contributed by atoms with Crippen LogP contribution in [0.1, 0.15) is 0 Å². The van der Waals surface area contributed by atoms with Gasteiger partial charge in [0.2, 0.25) is 0 Å². The predicted octanol–water partition coefficient (Wildman–Crippen LogP) is 12.9. The predicted molar refractivity (Wildman–Crippen MR) is 211 cm³/mol. The van der Waals surface area contributed by atoms with E-state index in [2.05, 4.69) is 203 Å². The monoisotopic (exact) mass is 636 g/mol. The molecule has 10 aromatic rings. The van der Waals surface area contributed by atoms with E-state index in [0.29, 0.717) is 0 Å². The van der Waals surface area contributed by atoms with Crippen LogP contribution in [-0.4, -0.2) is 9.13 Å². The van der Waals surface area contributed by atoms with Crippen molar-refractivity contribution in [3.05, 3.63) is 194 Å². The maximum Gasteiger partial charge on any atom is 0.0547 e. The second-order valence-electron chi connectivity index (χ2n) is 13.0. The quantitative estimate of drug-likeness (QED) is 0.178. The summed E-state index contributed by atoms with van der Waals surface area (Å²) in [5.41, 5.74) is 14.4. The first-order chi connectivity index (χ1) is 24.8. The van der Waals surface area contributed by atoms with Crippen LogP contribution < -0.4 is 0 Å². The standard InChI is InChI=1S/C48H32N2/c1-5-13-33(14-6-1)35-21-25-41-43-27-23-37(31-47(43)49(45(41)29-35)39-17-9-3-10-18-39)38-24-28-44-42-26-22-36(34-15-7-2-8-16-34)30-46(42)50(48(44)32-38)40-19-11-4-12-20-40/h1-32H. The number of fused-ring (bicyclic) bond motifs is 6. The summed E-state index contributed by atoms with van der Waals surface area (Å²) in [6.45, 7) is 0. The molecular weight excluding hydrogens is 605 g/mol. The number of hydrogen-bond donors (Lipinski definition) is 0. The molecule has 2 heterocycles. The molecule has 0 saturated heterocycles. The van der Waals surface area contributed by atoms with E-state index in [1.54, 1.807) is 0 Å². The summed E-state index contributed by atoms with van der Waals surface area (Å²) in [7, 11) is 0. The van der Waals surface area contributed by atoms with Crippen LogP contribution >= 0.6 is 0 Å². The van der Waals surface area contributed by atoms with Crippen molar-refractivity contribution in [3.63, 3.8) is 0 Å². The second-order valence-corrected chi connectivity index (χ2v) is 13.0. The molecule has 0 bridgehead atoms. The van der Waals surface area contributed by atoms with Crippen molar-refractivity contribution in [1.82, 2.24) is 9.13 Å². The third-order valence-corrected chi connectivity index (χ3v) is 10.1. The van der Waals surface area contributed by atoms with Crippen molar-refractivity contribution in [1.29, 1.82) is 0 Å². The van der Waals surface area contributed by atoms with Crippen LogP contribution in [0.25, 0.3) is 88.4 Å². The number of hydrogen-bond acceptors (Lipinski definition) is 0. The fraction of sp³-hybridized carbons (Fsp3) is 0. The molecule has 8 aromatic carbocycles. The highest BCUT2D eigenvalue weighted by molar-refractivity contribution is 6.13. The molecule has 0 aliphatic carbocycles. The molecule has 0 fully saturated rings. The molecule has 10 rings (SSSR count). The van der Waals surface area contributed by atoms with E-state index >= 15 is 0 Å². The van der Waals surface area contributed by atoms with Crippen LogP contribution in [-0.2, 0) is 0 Å². The number of benzene rings is 8.